The highest BCUT2D eigenvalue weighted by atomic mass is 19.1. The van der Waals surface area contributed by atoms with Gasteiger partial charge in [-0.3, -0.25) is 9.59 Å². The Balaban J connectivity index is 2.13. The minimum Gasteiger partial charge on any atom is -0.447 e. The van der Waals surface area contributed by atoms with Crippen molar-refractivity contribution in [3.63, 3.8) is 0 Å². The van der Waals surface area contributed by atoms with Crippen molar-refractivity contribution in [1.29, 1.82) is 0 Å². The summed E-state index contributed by atoms with van der Waals surface area (Å²) >= 11 is 0. The summed E-state index contributed by atoms with van der Waals surface area (Å²) in [5.41, 5.74) is 6.73. The van der Waals surface area contributed by atoms with Gasteiger partial charge in [-0.15, -0.1) is 0 Å². The summed E-state index contributed by atoms with van der Waals surface area (Å²) in [6.45, 7) is 3.37. The monoisotopic (exact) mass is 306 g/mol. The van der Waals surface area contributed by atoms with Crippen molar-refractivity contribution < 1.29 is 23.2 Å². The number of aromatic nitrogens is 1. The van der Waals surface area contributed by atoms with Crippen molar-refractivity contribution in [1.82, 2.24) is 5.16 Å². The number of aryl methyl sites for hydroxylation is 2. The number of rotatable bonds is 5. The molecule has 22 heavy (non-hydrogen) atoms. The van der Waals surface area contributed by atoms with Gasteiger partial charge in [0.05, 0.1) is 12.1 Å². The molecular formula is C15H15FN2O4. The van der Waals surface area contributed by atoms with Crippen molar-refractivity contribution in [3.8, 4) is 0 Å². The van der Waals surface area contributed by atoms with E-state index in [1.807, 2.05) is 0 Å². The first-order valence-corrected chi connectivity index (χ1v) is 6.54. The second-order valence-corrected chi connectivity index (χ2v) is 4.80. The number of halogens is 1. The number of carbonyl (C=O) groups is 2. The zero-order chi connectivity index (χ0) is 16.3. The number of nitrogens with zero attached hydrogens (tertiary/aromatic N) is 1. The van der Waals surface area contributed by atoms with Gasteiger partial charge in [-0.2, -0.15) is 0 Å². The van der Waals surface area contributed by atoms with E-state index in [1.165, 1.54) is 12.1 Å². The van der Waals surface area contributed by atoms with Crippen LogP contribution < -0.4 is 5.73 Å². The first-order chi connectivity index (χ1) is 10.4. The maximum absolute atomic E-state index is 12.9. The van der Waals surface area contributed by atoms with E-state index in [0.717, 1.165) is 12.1 Å². The van der Waals surface area contributed by atoms with Crippen LogP contribution in [0.5, 0.6) is 0 Å². The highest BCUT2D eigenvalue weighted by Gasteiger charge is 2.24. The summed E-state index contributed by atoms with van der Waals surface area (Å²) < 4.78 is 23.0. The van der Waals surface area contributed by atoms with Crippen molar-refractivity contribution in [3.05, 3.63) is 52.7 Å². The average Bonchev–Trinajstić information content (AvgIpc) is 2.77. The maximum Gasteiger partial charge on any atom is 0.311 e. The maximum atomic E-state index is 12.9. The molecule has 1 heterocycles. The molecule has 2 aromatic rings. The molecule has 7 heteroatoms. The molecule has 0 aliphatic heterocycles. The van der Waals surface area contributed by atoms with Crippen LogP contribution in [0.2, 0.25) is 0 Å². The first kappa shape index (κ1) is 15.7. The molecule has 0 aliphatic carbocycles. The predicted octanol–water partition coefficient (Wildman–Crippen LogP) is 1.74. The third-order valence-corrected chi connectivity index (χ3v) is 3.18. The number of carbonyl (C=O) groups excluding carboxylic acids is 2. The second kappa shape index (κ2) is 6.38. The standard InChI is InChI=1S/C15H15FN2O4/c1-8-12(9(2)22-18-8)7-13(19)21-14(15(17)20)10-3-5-11(16)6-4-10/h3-6,14H,7H2,1-2H3,(H2,17,20). The van der Waals surface area contributed by atoms with Crippen LogP contribution in [0.4, 0.5) is 4.39 Å². The number of primary amides is 1. The number of hydrogen-bond donors (Lipinski definition) is 1. The zero-order valence-electron chi connectivity index (χ0n) is 12.1. The summed E-state index contributed by atoms with van der Waals surface area (Å²) in [4.78, 5) is 23.5. The number of ether oxygens (including phenoxy) is 1. The number of esters is 1. The molecular weight excluding hydrogens is 291 g/mol. The Morgan fingerprint density at radius 2 is 1.95 bits per heavy atom. The van der Waals surface area contributed by atoms with E-state index in [2.05, 4.69) is 5.16 Å². The highest BCUT2D eigenvalue weighted by molar-refractivity contribution is 5.84. The molecule has 0 saturated heterocycles. The minimum atomic E-state index is -1.27. The molecule has 0 aliphatic rings. The van der Waals surface area contributed by atoms with Crippen LogP contribution in [0.3, 0.4) is 0 Å². The van der Waals surface area contributed by atoms with E-state index >= 15 is 0 Å². The van der Waals surface area contributed by atoms with Gasteiger partial charge in [0.2, 0.25) is 6.10 Å². The Morgan fingerprint density at radius 1 is 1.32 bits per heavy atom. The molecule has 2 N–H and O–H groups in total. The smallest absolute Gasteiger partial charge is 0.311 e. The Kier molecular flexibility index (Phi) is 4.55. The molecule has 1 atom stereocenters. The zero-order valence-corrected chi connectivity index (χ0v) is 12.1. The van der Waals surface area contributed by atoms with E-state index in [0.29, 0.717) is 22.6 Å². The van der Waals surface area contributed by atoms with Crippen molar-refractivity contribution >= 4 is 11.9 Å². The van der Waals surface area contributed by atoms with Crippen molar-refractivity contribution in [2.75, 3.05) is 0 Å². The van der Waals surface area contributed by atoms with Gasteiger partial charge in [0, 0.05) is 11.1 Å². The average molecular weight is 306 g/mol. The van der Waals surface area contributed by atoms with E-state index in [9.17, 15) is 14.0 Å². The largest absolute Gasteiger partial charge is 0.447 e. The molecule has 1 aromatic carbocycles. The summed E-state index contributed by atoms with van der Waals surface area (Å²) in [5.74, 6) is -1.44. The van der Waals surface area contributed by atoms with Crippen molar-refractivity contribution in [2.24, 2.45) is 5.73 Å². The lowest BCUT2D eigenvalue weighted by Gasteiger charge is -2.15. The van der Waals surface area contributed by atoms with Crippen LogP contribution in [-0.4, -0.2) is 17.0 Å². The fourth-order valence-electron chi connectivity index (χ4n) is 2.00. The third-order valence-electron chi connectivity index (χ3n) is 3.18. The Labute approximate surface area is 126 Å². The van der Waals surface area contributed by atoms with Gasteiger partial charge in [0.25, 0.3) is 5.91 Å². The SMILES string of the molecule is Cc1noc(C)c1CC(=O)OC(C(N)=O)c1ccc(F)cc1. The Hall–Kier alpha value is -2.70. The molecule has 1 aromatic heterocycles. The van der Waals surface area contributed by atoms with Gasteiger partial charge in [-0.25, -0.2) is 4.39 Å². The molecule has 0 bridgehead atoms. The van der Waals surface area contributed by atoms with Crippen LogP contribution in [-0.2, 0) is 20.7 Å². The number of hydrogen-bond acceptors (Lipinski definition) is 5. The molecule has 1 amide bonds. The van der Waals surface area contributed by atoms with E-state index < -0.39 is 23.8 Å². The van der Waals surface area contributed by atoms with Gasteiger partial charge >= 0.3 is 5.97 Å². The number of benzene rings is 1. The van der Waals surface area contributed by atoms with Crippen LogP contribution >= 0.6 is 0 Å². The topological polar surface area (TPSA) is 95.4 Å². The quantitative estimate of drug-likeness (QED) is 0.849. The first-order valence-electron chi connectivity index (χ1n) is 6.54. The van der Waals surface area contributed by atoms with Crippen LogP contribution in [0.25, 0.3) is 0 Å². The van der Waals surface area contributed by atoms with E-state index in [4.69, 9.17) is 15.0 Å². The van der Waals surface area contributed by atoms with E-state index in [1.54, 1.807) is 13.8 Å². The van der Waals surface area contributed by atoms with Gasteiger partial charge in [-0.05, 0) is 26.0 Å². The highest BCUT2D eigenvalue weighted by Crippen LogP contribution is 2.20. The summed E-state index contributed by atoms with van der Waals surface area (Å²) in [6, 6.07) is 5.00. The molecule has 0 spiro atoms. The molecule has 116 valence electrons. The summed E-state index contributed by atoms with van der Waals surface area (Å²) in [7, 11) is 0. The lowest BCUT2D eigenvalue weighted by atomic mass is 10.1. The lowest BCUT2D eigenvalue weighted by molar-refractivity contribution is -0.154. The van der Waals surface area contributed by atoms with Crippen molar-refractivity contribution in [2.45, 2.75) is 26.4 Å². The Morgan fingerprint density at radius 3 is 2.45 bits per heavy atom. The molecule has 1 unspecified atom stereocenters. The van der Waals surface area contributed by atoms with Gasteiger partial charge < -0.3 is 15.0 Å². The molecule has 2 rings (SSSR count). The van der Waals surface area contributed by atoms with Gasteiger partial charge in [0.15, 0.2) is 0 Å². The number of amides is 1. The minimum absolute atomic E-state index is 0.0911. The van der Waals surface area contributed by atoms with Crippen LogP contribution in [0.15, 0.2) is 28.8 Å². The lowest BCUT2D eigenvalue weighted by Crippen LogP contribution is -2.27. The van der Waals surface area contributed by atoms with E-state index in [-0.39, 0.29) is 6.42 Å². The van der Waals surface area contributed by atoms with Crippen LogP contribution in [0, 0.1) is 19.7 Å². The fraction of sp³-hybridized carbons (Fsp3) is 0.267. The van der Waals surface area contributed by atoms with Crippen LogP contribution in [0.1, 0.15) is 28.7 Å². The third kappa shape index (κ3) is 3.49. The molecule has 6 nitrogen and oxygen atoms in total. The number of nitrogens with two attached hydrogens (primary N) is 1. The second-order valence-electron chi connectivity index (χ2n) is 4.80. The fourth-order valence-corrected chi connectivity index (χ4v) is 2.00. The summed E-state index contributed by atoms with van der Waals surface area (Å²) in [5, 5.41) is 3.74. The molecule has 0 radical (unpaired) electrons. The van der Waals surface area contributed by atoms with Gasteiger partial charge in [0.1, 0.15) is 11.6 Å². The molecule has 0 saturated carbocycles. The predicted molar refractivity (Wildman–Crippen MR) is 74.1 cm³/mol. The summed E-state index contributed by atoms with van der Waals surface area (Å²) in [6.07, 6.45) is -1.36. The Bertz CT molecular complexity index is 675. The molecule has 0 fully saturated rings. The van der Waals surface area contributed by atoms with Gasteiger partial charge in [-0.1, -0.05) is 17.3 Å². The normalized spacial score (nSPS) is 12.0.